The minimum atomic E-state index is 0.556. The minimum Gasteiger partial charge on any atom is -0.479 e. The van der Waals surface area contributed by atoms with Gasteiger partial charge in [0, 0.05) is 4.90 Å². The molecule has 1 aromatic rings. The van der Waals surface area contributed by atoms with Gasteiger partial charge in [0.25, 0.3) is 0 Å². The Morgan fingerprint density at radius 1 is 1.67 bits per heavy atom. The molecule has 0 saturated heterocycles. The van der Waals surface area contributed by atoms with Gasteiger partial charge in [-0.25, -0.2) is 0 Å². The first-order chi connectivity index (χ1) is 5.83. The third kappa shape index (κ3) is 3.24. The SMILES string of the molecule is CCOC(=S)Sc1[c]cccc1. The molecule has 1 rings (SSSR count). The van der Waals surface area contributed by atoms with Crippen LogP contribution in [0.5, 0.6) is 0 Å². The quantitative estimate of drug-likeness (QED) is 0.533. The van der Waals surface area contributed by atoms with E-state index in [1.807, 2.05) is 31.2 Å². The number of thioether (sulfide) groups is 1. The summed E-state index contributed by atoms with van der Waals surface area (Å²) < 4.78 is 5.68. The Hall–Kier alpha value is -0.540. The Kier molecular flexibility index (Phi) is 4.11. The maximum atomic E-state index is 5.12. The lowest BCUT2D eigenvalue weighted by molar-refractivity contribution is 0.346. The number of hydrogen-bond donors (Lipinski definition) is 0. The van der Waals surface area contributed by atoms with E-state index in [0.717, 1.165) is 4.90 Å². The molecule has 3 heteroatoms. The van der Waals surface area contributed by atoms with E-state index in [1.165, 1.54) is 11.8 Å². The maximum absolute atomic E-state index is 5.12. The first kappa shape index (κ1) is 9.55. The highest BCUT2D eigenvalue weighted by molar-refractivity contribution is 8.22. The van der Waals surface area contributed by atoms with Crippen LogP contribution in [0.3, 0.4) is 0 Å². The van der Waals surface area contributed by atoms with E-state index in [2.05, 4.69) is 6.07 Å². The number of ether oxygens (including phenoxy) is 1. The lowest BCUT2D eigenvalue weighted by Gasteiger charge is -2.02. The Balaban J connectivity index is 2.47. The van der Waals surface area contributed by atoms with Crippen LogP contribution in [0, 0.1) is 6.07 Å². The predicted molar refractivity (Wildman–Crippen MR) is 55.4 cm³/mol. The van der Waals surface area contributed by atoms with Crippen LogP contribution in [-0.2, 0) is 4.74 Å². The Morgan fingerprint density at radius 3 is 3.08 bits per heavy atom. The molecule has 63 valence electrons. The molecule has 1 radical (unpaired) electrons. The van der Waals surface area contributed by atoms with Crippen molar-refractivity contribution in [2.24, 2.45) is 0 Å². The molecule has 0 aromatic heterocycles. The van der Waals surface area contributed by atoms with Crippen LogP contribution >= 0.6 is 24.0 Å². The van der Waals surface area contributed by atoms with Crippen molar-refractivity contribution in [1.29, 1.82) is 0 Å². The molecule has 0 saturated carbocycles. The van der Waals surface area contributed by atoms with E-state index >= 15 is 0 Å². The molecule has 0 aliphatic rings. The smallest absolute Gasteiger partial charge is 0.224 e. The van der Waals surface area contributed by atoms with Crippen LogP contribution in [0.1, 0.15) is 6.92 Å². The first-order valence-electron chi connectivity index (χ1n) is 3.64. The second kappa shape index (κ2) is 5.17. The van der Waals surface area contributed by atoms with Crippen molar-refractivity contribution in [2.45, 2.75) is 11.8 Å². The third-order valence-corrected chi connectivity index (χ3v) is 2.26. The molecule has 0 atom stereocenters. The average Bonchev–Trinajstić information content (AvgIpc) is 2.06. The molecule has 0 aliphatic heterocycles. The van der Waals surface area contributed by atoms with Crippen LogP contribution in [0.25, 0.3) is 0 Å². The molecule has 0 fully saturated rings. The summed E-state index contributed by atoms with van der Waals surface area (Å²) in [5.74, 6) is 0. The van der Waals surface area contributed by atoms with Crippen LogP contribution in [-0.4, -0.2) is 11.0 Å². The van der Waals surface area contributed by atoms with Gasteiger partial charge in [0.1, 0.15) is 0 Å². The molecule has 0 heterocycles. The molecular formula is C9H9OS2. The predicted octanol–water partition coefficient (Wildman–Crippen LogP) is 2.90. The van der Waals surface area contributed by atoms with Crippen molar-refractivity contribution < 1.29 is 4.74 Å². The van der Waals surface area contributed by atoms with Crippen molar-refractivity contribution in [3.8, 4) is 0 Å². The van der Waals surface area contributed by atoms with E-state index in [9.17, 15) is 0 Å². The molecule has 0 bridgehead atoms. The van der Waals surface area contributed by atoms with Gasteiger partial charge in [-0.1, -0.05) is 18.2 Å². The summed E-state index contributed by atoms with van der Waals surface area (Å²) in [5, 5.41) is 0. The summed E-state index contributed by atoms with van der Waals surface area (Å²) in [6.45, 7) is 2.54. The summed E-state index contributed by atoms with van der Waals surface area (Å²) in [4.78, 5) is 0.996. The number of thiocarbonyl (C=S) groups is 1. The Labute approximate surface area is 82.1 Å². The summed E-state index contributed by atoms with van der Waals surface area (Å²) in [6.07, 6.45) is 0. The van der Waals surface area contributed by atoms with Crippen molar-refractivity contribution in [3.63, 3.8) is 0 Å². The van der Waals surface area contributed by atoms with Crippen molar-refractivity contribution in [3.05, 3.63) is 30.3 Å². The molecule has 12 heavy (non-hydrogen) atoms. The van der Waals surface area contributed by atoms with E-state index < -0.39 is 0 Å². The standard InChI is InChI=1S/C9H9OS2/c1-2-10-9(11)12-8-6-4-3-5-7-8/h3-6H,2H2,1H3. The van der Waals surface area contributed by atoms with Gasteiger partial charge < -0.3 is 4.74 Å². The zero-order valence-electron chi connectivity index (χ0n) is 6.74. The molecule has 0 N–H and O–H groups in total. The third-order valence-electron chi connectivity index (χ3n) is 1.14. The molecule has 0 unspecified atom stereocenters. The fourth-order valence-electron chi connectivity index (χ4n) is 0.677. The largest absolute Gasteiger partial charge is 0.479 e. The van der Waals surface area contributed by atoms with Gasteiger partial charge in [0.2, 0.25) is 4.38 Å². The summed E-state index contributed by atoms with van der Waals surface area (Å²) in [7, 11) is 0. The van der Waals surface area contributed by atoms with Crippen LogP contribution in [0.4, 0.5) is 0 Å². The van der Waals surface area contributed by atoms with E-state index in [1.54, 1.807) is 0 Å². The monoisotopic (exact) mass is 197 g/mol. The highest BCUT2D eigenvalue weighted by atomic mass is 32.2. The van der Waals surface area contributed by atoms with Crippen molar-refractivity contribution in [2.75, 3.05) is 6.61 Å². The van der Waals surface area contributed by atoms with E-state index in [4.69, 9.17) is 17.0 Å². The highest BCUT2D eigenvalue weighted by Crippen LogP contribution is 2.18. The van der Waals surface area contributed by atoms with E-state index in [0.29, 0.717) is 11.0 Å². The first-order valence-corrected chi connectivity index (χ1v) is 4.86. The van der Waals surface area contributed by atoms with Gasteiger partial charge in [0.05, 0.1) is 6.61 Å². The van der Waals surface area contributed by atoms with Gasteiger partial charge in [-0.15, -0.1) is 0 Å². The topological polar surface area (TPSA) is 9.23 Å². The van der Waals surface area contributed by atoms with Crippen LogP contribution in [0.2, 0.25) is 0 Å². The van der Waals surface area contributed by atoms with Crippen LogP contribution in [0.15, 0.2) is 29.2 Å². The normalized spacial score (nSPS) is 9.42. The molecular weight excluding hydrogens is 188 g/mol. The van der Waals surface area contributed by atoms with E-state index in [-0.39, 0.29) is 0 Å². The minimum absolute atomic E-state index is 0.556. The summed E-state index contributed by atoms with van der Waals surface area (Å²) in [5.41, 5.74) is 0. The lowest BCUT2D eigenvalue weighted by atomic mass is 10.4. The zero-order valence-corrected chi connectivity index (χ0v) is 8.37. The number of hydrogen-bond acceptors (Lipinski definition) is 3. The highest BCUT2D eigenvalue weighted by Gasteiger charge is 1.98. The number of benzene rings is 1. The maximum Gasteiger partial charge on any atom is 0.224 e. The molecule has 0 aliphatic carbocycles. The number of rotatable bonds is 2. The summed E-state index contributed by atoms with van der Waals surface area (Å²) in [6, 6.07) is 10.7. The molecule has 1 aromatic carbocycles. The fourth-order valence-corrected chi connectivity index (χ4v) is 1.69. The second-order valence-corrected chi connectivity index (χ2v) is 3.66. The van der Waals surface area contributed by atoms with Crippen molar-refractivity contribution in [1.82, 2.24) is 0 Å². The fraction of sp³-hybridized carbons (Fsp3) is 0.222. The van der Waals surface area contributed by atoms with Gasteiger partial charge in [0.15, 0.2) is 0 Å². The molecule has 0 spiro atoms. The Morgan fingerprint density at radius 2 is 2.50 bits per heavy atom. The molecule has 1 nitrogen and oxygen atoms in total. The van der Waals surface area contributed by atoms with Crippen molar-refractivity contribution >= 4 is 28.4 Å². The Bertz CT molecular complexity index is 246. The van der Waals surface area contributed by atoms with Gasteiger partial charge in [-0.05, 0) is 43.0 Å². The average molecular weight is 197 g/mol. The van der Waals surface area contributed by atoms with Gasteiger partial charge in [-0.2, -0.15) is 0 Å². The zero-order chi connectivity index (χ0) is 8.81. The summed E-state index contributed by atoms with van der Waals surface area (Å²) >= 11 is 6.38. The lowest BCUT2D eigenvalue weighted by Crippen LogP contribution is -1.94. The molecule has 0 amide bonds. The van der Waals surface area contributed by atoms with Gasteiger partial charge >= 0.3 is 0 Å². The van der Waals surface area contributed by atoms with Crippen LogP contribution < -0.4 is 0 Å². The second-order valence-electron chi connectivity index (χ2n) is 2.01. The van der Waals surface area contributed by atoms with Gasteiger partial charge in [-0.3, -0.25) is 0 Å².